The number of carbonyl (C=O) groups is 1. The second kappa shape index (κ2) is 4.58. The van der Waals surface area contributed by atoms with Crippen LogP contribution in [-0.4, -0.2) is 43.3 Å². The third-order valence-electron chi connectivity index (χ3n) is 2.95. The number of primary amides is 1. The molecule has 1 amide bonds. The van der Waals surface area contributed by atoms with Crippen molar-refractivity contribution in [3.8, 4) is 0 Å². The number of hydrogen-bond acceptors (Lipinski definition) is 5. The molecule has 19 heavy (non-hydrogen) atoms. The van der Waals surface area contributed by atoms with E-state index >= 15 is 0 Å². The number of ether oxygens (including phenoxy) is 1. The molecule has 2 heterocycles. The van der Waals surface area contributed by atoms with E-state index in [-0.39, 0.29) is 24.5 Å². The summed E-state index contributed by atoms with van der Waals surface area (Å²) in [6, 6.07) is 0. The number of sulfonamides is 1. The van der Waals surface area contributed by atoms with Crippen LogP contribution < -0.4 is 10.5 Å². The maximum absolute atomic E-state index is 12.3. The molecule has 1 aliphatic rings. The van der Waals surface area contributed by atoms with E-state index in [1.807, 2.05) is 0 Å². The summed E-state index contributed by atoms with van der Waals surface area (Å²) in [7, 11) is -3.77. The van der Waals surface area contributed by atoms with Crippen LogP contribution in [-0.2, 0) is 19.6 Å². The fourth-order valence-corrected chi connectivity index (χ4v) is 3.90. The van der Waals surface area contributed by atoms with Crippen molar-refractivity contribution in [3.63, 3.8) is 0 Å². The lowest BCUT2D eigenvalue weighted by atomic mass is 9.94. The minimum atomic E-state index is -3.77. The summed E-state index contributed by atoms with van der Waals surface area (Å²) in [5.41, 5.74) is 5.01. The molecule has 1 aliphatic heterocycles. The van der Waals surface area contributed by atoms with Gasteiger partial charge in [-0.05, 0) is 13.8 Å². The fraction of sp³-hybridized carbons (Fsp3) is 0.600. The Bertz CT molecular complexity index is 584. The van der Waals surface area contributed by atoms with E-state index in [0.29, 0.717) is 11.4 Å². The normalized spacial score (nSPS) is 18.0. The summed E-state index contributed by atoms with van der Waals surface area (Å²) in [5.74, 6) is -0.577. The largest absolute Gasteiger partial charge is 0.377 e. The van der Waals surface area contributed by atoms with Crippen molar-refractivity contribution in [1.29, 1.82) is 0 Å². The van der Waals surface area contributed by atoms with Gasteiger partial charge in [-0.3, -0.25) is 9.89 Å². The average Bonchev–Trinajstić information content (AvgIpc) is 2.54. The molecule has 1 aromatic rings. The number of nitrogens with two attached hydrogens (primary N) is 1. The van der Waals surface area contributed by atoms with Crippen molar-refractivity contribution >= 4 is 15.9 Å². The first-order valence-corrected chi connectivity index (χ1v) is 7.16. The van der Waals surface area contributed by atoms with Crippen molar-refractivity contribution in [2.75, 3.05) is 13.2 Å². The summed E-state index contributed by atoms with van der Waals surface area (Å²) >= 11 is 0. The van der Waals surface area contributed by atoms with E-state index in [9.17, 15) is 13.2 Å². The highest BCUT2D eigenvalue weighted by atomic mass is 32.2. The van der Waals surface area contributed by atoms with Crippen LogP contribution in [0.4, 0.5) is 0 Å². The lowest BCUT2D eigenvalue weighted by Gasteiger charge is -2.40. The Hall–Kier alpha value is -1.45. The van der Waals surface area contributed by atoms with Crippen LogP contribution in [0.2, 0.25) is 0 Å². The summed E-state index contributed by atoms with van der Waals surface area (Å²) in [5, 5.41) is 6.46. The number of H-pyrrole nitrogens is 1. The molecule has 0 aliphatic carbocycles. The Morgan fingerprint density at radius 2 is 2.16 bits per heavy atom. The molecule has 0 atom stereocenters. The van der Waals surface area contributed by atoms with E-state index in [1.165, 1.54) is 0 Å². The van der Waals surface area contributed by atoms with Crippen molar-refractivity contribution < 1.29 is 17.9 Å². The zero-order chi connectivity index (χ0) is 14.3. The minimum Gasteiger partial charge on any atom is -0.377 e. The van der Waals surface area contributed by atoms with Gasteiger partial charge in [-0.25, -0.2) is 8.42 Å². The first-order valence-electron chi connectivity index (χ1n) is 5.67. The average molecular weight is 288 g/mol. The molecule has 0 saturated carbocycles. The Morgan fingerprint density at radius 3 is 2.53 bits per heavy atom. The van der Waals surface area contributed by atoms with Gasteiger partial charge in [0.1, 0.15) is 4.90 Å². The van der Waals surface area contributed by atoms with Gasteiger partial charge in [0.2, 0.25) is 15.9 Å². The smallest absolute Gasteiger partial charge is 0.244 e. The Morgan fingerprint density at radius 1 is 1.53 bits per heavy atom. The third-order valence-corrected chi connectivity index (χ3v) is 4.79. The highest BCUT2D eigenvalue weighted by molar-refractivity contribution is 7.89. The molecule has 8 nitrogen and oxygen atoms in total. The number of aromatic amines is 1. The van der Waals surface area contributed by atoms with Crippen molar-refractivity contribution in [1.82, 2.24) is 14.9 Å². The predicted octanol–water partition coefficient (Wildman–Crippen LogP) is -1.05. The second-order valence-electron chi connectivity index (χ2n) is 4.78. The van der Waals surface area contributed by atoms with Gasteiger partial charge in [0, 0.05) is 0 Å². The minimum absolute atomic E-state index is 0.0951. The maximum Gasteiger partial charge on any atom is 0.244 e. The summed E-state index contributed by atoms with van der Waals surface area (Å²) < 4.78 is 32.2. The molecule has 1 saturated heterocycles. The van der Waals surface area contributed by atoms with Crippen LogP contribution in [0, 0.1) is 13.8 Å². The third kappa shape index (κ3) is 2.62. The summed E-state index contributed by atoms with van der Waals surface area (Å²) in [6.45, 7) is 3.47. The molecule has 0 aromatic carbocycles. The molecule has 0 bridgehead atoms. The molecule has 0 radical (unpaired) electrons. The van der Waals surface area contributed by atoms with Crippen LogP contribution in [0.25, 0.3) is 0 Å². The lowest BCUT2D eigenvalue weighted by Crippen LogP contribution is -2.63. The molecule has 0 unspecified atom stereocenters. The van der Waals surface area contributed by atoms with E-state index in [4.69, 9.17) is 10.5 Å². The second-order valence-corrected chi connectivity index (χ2v) is 6.40. The fourth-order valence-electron chi connectivity index (χ4n) is 2.15. The van der Waals surface area contributed by atoms with Gasteiger partial charge in [0.05, 0.1) is 36.6 Å². The summed E-state index contributed by atoms with van der Waals surface area (Å²) in [6.07, 6.45) is -0.0951. The summed E-state index contributed by atoms with van der Waals surface area (Å²) in [4.78, 5) is 11.1. The highest BCUT2D eigenvalue weighted by Crippen LogP contribution is 2.25. The number of aromatic nitrogens is 2. The van der Waals surface area contributed by atoms with Gasteiger partial charge in [0.25, 0.3) is 0 Å². The number of amides is 1. The molecule has 1 fully saturated rings. The zero-order valence-corrected chi connectivity index (χ0v) is 11.5. The van der Waals surface area contributed by atoms with Crippen LogP contribution in [0.15, 0.2) is 4.90 Å². The maximum atomic E-state index is 12.3. The number of rotatable bonds is 5. The molecule has 1 aromatic heterocycles. The van der Waals surface area contributed by atoms with Gasteiger partial charge >= 0.3 is 0 Å². The van der Waals surface area contributed by atoms with Crippen LogP contribution in [0.3, 0.4) is 0 Å². The van der Waals surface area contributed by atoms with E-state index < -0.39 is 21.5 Å². The van der Waals surface area contributed by atoms with Crippen molar-refractivity contribution in [2.24, 2.45) is 5.73 Å². The molecule has 4 N–H and O–H groups in total. The molecule has 106 valence electrons. The van der Waals surface area contributed by atoms with E-state index in [1.54, 1.807) is 13.8 Å². The first kappa shape index (κ1) is 14.0. The number of aryl methyl sites for hydroxylation is 2. The number of nitrogens with zero attached hydrogens (tertiary/aromatic N) is 1. The number of carbonyl (C=O) groups excluding carboxylic acids is 1. The van der Waals surface area contributed by atoms with Crippen LogP contribution >= 0.6 is 0 Å². The van der Waals surface area contributed by atoms with Crippen LogP contribution in [0.5, 0.6) is 0 Å². The van der Waals surface area contributed by atoms with Crippen molar-refractivity contribution in [2.45, 2.75) is 30.7 Å². The standard InChI is InChI=1S/C10H16N4O4S/c1-6-9(7(2)13-12-6)19(16,17)14-10(3-8(11)15)4-18-5-10/h14H,3-5H2,1-2H3,(H2,11,15)(H,12,13). The van der Waals surface area contributed by atoms with Crippen LogP contribution in [0.1, 0.15) is 17.8 Å². The van der Waals surface area contributed by atoms with Gasteiger partial charge in [-0.2, -0.15) is 9.82 Å². The van der Waals surface area contributed by atoms with Gasteiger partial charge in [-0.1, -0.05) is 0 Å². The Kier molecular flexibility index (Phi) is 3.37. The SMILES string of the molecule is Cc1n[nH]c(C)c1S(=O)(=O)NC1(CC(N)=O)COC1. The van der Waals surface area contributed by atoms with E-state index in [0.717, 1.165) is 0 Å². The van der Waals surface area contributed by atoms with Gasteiger partial charge in [0.15, 0.2) is 0 Å². The first-order chi connectivity index (χ1) is 8.76. The van der Waals surface area contributed by atoms with Gasteiger partial charge < -0.3 is 10.5 Å². The molecule has 9 heteroatoms. The molecular weight excluding hydrogens is 272 g/mol. The van der Waals surface area contributed by atoms with Crippen molar-refractivity contribution in [3.05, 3.63) is 11.4 Å². The molecule has 0 spiro atoms. The molecule has 2 rings (SSSR count). The number of nitrogens with one attached hydrogen (secondary N) is 2. The predicted molar refractivity (Wildman–Crippen MR) is 65.7 cm³/mol. The number of hydrogen-bond donors (Lipinski definition) is 3. The molecular formula is C10H16N4O4S. The van der Waals surface area contributed by atoms with Gasteiger partial charge in [-0.15, -0.1) is 0 Å². The monoisotopic (exact) mass is 288 g/mol. The lowest BCUT2D eigenvalue weighted by molar-refractivity contribution is -0.126. The Labute approximate surface area is 110 Å². The van der Waals surface area contributed by atoms with E-state index in [2.05, 4.69) is 14.9 Å². The highest BCUT2D eigenvalue weighted by Gasteiger charge is 2.44. The quantitative estimate of drug-likeness (QED) is 0.637. The topological polar surface area (TPSA) is 127 Å². The zero-order valence-electron chi connectivity index (χ0n) is 10.7. The Balaban J connectivity index is 2.29.